The number of carbonyl (C=O) groups excluding carboxylic acids is 1. The van der Waals surface area contributed by atoms with Crippen LogP contribution in [0.5, 0.6) is 0 Å². The molecule has 2 saturated heterocycles. The highest BCUT2D eigenvalue weighted by atomic mass is 19.2. The topological polar surface area (TPSA) is 57.7 Å². The number of ether oxygens (including phenoxy) is 1. The van der Waals surface area contributed by atoms with E-state index in [1.165, 1.54) is 6.07 Å². The SMILES string of the molecule is Cc1cc(NC(=O)Cc2ccc(F)c(F)c2)c(N2CC[C@@H](F)C2)nc1N1CCCOCC1. The molecule has 1 amide bonds. The van der Waals surface area contributed by atoms with Crippen LogP contribution in [0.25, 0.3) is 0 Å². The summed E-state index contributed by atoms with van der Waals surface area (Å²) in [4.78, 5) is 21.5. The number of alkyl halides is 1. The fourth-order valence-electron chi connectivity index (χ4n) is 4.14. The van der Waals surface area contributed by atoms with Crippen molar-refractivity contribution in [3.8, 4) is 0 Å². The molecular weight excluding hydrogens is 421 g/mol. The van der Waals surface area contributed by atoms with Crippen molar-refractivity contribution in [2.45, 2.75) is 32.4 Å². The van der Waals surface area contributed by atoms with Crippen molar-refractivity contribution in [3.05, 3.63) is 47.0 Å². The summed E-state index contributed by atoms with van der Waals surface area (Å²) < 4.78 is 46.2. The Kier molecular flexibility index (Phi) is 6.83. The van der Waals surface area contributed by atoms with Crippen molar-refractivity contribution in [1.29, 1.82) is 0 Å². The first-order chi connectivity index (χ1) is 15.4. The molecule has 0 spiro atoms. The molecule has 9 heteroatoms. The number of pyridine rings is 1. The van der Waals surface area contributed by atoms with E-state index in [1.807, 2.05) is 17.9 Å². The van der Waals surface area contributed by atoms with Gasteiger partial charge in [-0.25, -0.2) is 18.2 Å². The van der Waals surface area contributed by atoms with Gasteiger partial charge in [-0.1, -0.05) is 6.07 Å². The maximum absolute atomic E-state index is 13.9. The van der Waals surface area contributed by atoms with Gasteiger partial charge < -0.3 is 19.9 Å². The summed E-state index contributed by atoms with van der Waals surface area (Å²) in [7, 11) is 0. The summed E-state index contributed by atoms with van der Waals surface area (Å²) in [6.07, 6.45) is 0.232. The van der Waals surface area contributed by atoms with E-state index >= 15 is 0 Å². The molecule has 2 aliphatic rings. The highest BCUT2D eigenvalue weighted by molar-refractivity contribution is 5.95. The number of rotatable bonds is 5. The van der Waals surface area contributed by atoms with Crippen molar-refractivity contribution in [1.82, 2.24) is 4.98 Å². The zero-order valence-corrected chi connectivity index (χ0v) is 18.0. The second kappa shape index (κ2) is 9.77. The van der Waals surface area contributed by atoms with Crippen molar-refractivity contribution in [2.24, 2.45) is 0 Å². The van der Waals surface area contributed by atoms with E-state index in [-0.39, 0.29) is 18.9 Å². The second-order valence-corrected chi connectivity index (χ2v) is 8.26. The van der Waals surface area contributed by atoms with E-state index in [1.54, 1.807) is 0 Å². The molecule has 32 heavy (non-hydrogen) atoms. The molecule has 3 heterocycles. The Hall–Kier alpha value is -2.81. The Balaban J connectivity index is 1.60. The number of nitrogens with zero attached hydrogens (tertiary/aromatic N) is 3. The summed E-state index contributed by atoms with van der Waals surface area (Å²) in [6, 6.07) is 5.23. The van der Waals surface area contributed by atoms with Gasteiger partial charge in [-0.15, -0.1) is 0 Å². The lowest BCUT2D eigenvalue weighted by Crippen LogP contribution is -2.30. The fourth-order valence-corrected chi connectivity index (χ4v) is 4.14. The quantitative estimate of drug-likeness (QED) is 0.757. The number of carbonyl (C=O) groups is 1. The third kappa shape index (κ3) is 5.15. The smallest absolute Gasteiger partial charge is 0.228 e. The molecule has 0 radical (unpaired) electrons. The lowest BCUT2D eigenvalue weighted by molar-refractivity contribution is -0.115. The molecule has 2 fully saturated rings. The van der Waals surface area contributed by atoms with Gasteiger partial charge in [0, 0.05) is 26.2 Å². The van der Waals surface area contributed by atoms with Crippen LogP contribution in [-0.2, 0) is 16.0 Å². The number of aromatic nitrogens is 1. The lowest BCUT2D eigenvalue weighted by Gasteiger charge is -2.27. The minimum absolute atomic E-state index is 0.118. The van der Waals surface area contributed by atoms with Gasteiger partial charge in [0.05, 0.1) is 25.3 Å². The minimum Gasteiger partial charge on any atom is -0.380 e. The number of aryl methyl sites for hydroxylation is 1. The number of anilines is 3. The molecule has 172 valence electrons. The molecular formula is C23H27F3N4O2. The van der Waals surface area contributed by atoms with Crippen molar-refractivity contribution >= 4 is 23.2 Å². The van der Waals surface area contributed by atoms with Crippen LogP contribution in [0, 0.1) is 18.6 Å². The van der Waals surface area contributed by atoms with Crippen LogP contribution >= 0.6 is 0 Å². The number of benzene rings is 1. The maximum atomic E-state index is 13.9. The molecule has 0 bridgehead atoms. The summed E-state index contributed by atoms with van der Waals surface area (Å²) in [5.41, 5.74) is 1.73. The first-order valence-electron chi connectivity index (χ1n) is 10.9. The number of hydrogen-bond acceptors (Lipinski definition) is 5. The van der Waals surface area contributed by atoms with Crippen molar-refractivity contribution in [2.75, 3.05) is 54.5 Å². The Labute approximate surface area is 185 Å². The lowest BCUT2D eigenvalue weighted by atomic mass is 10.1. The molecule has 4 rings (SSSR count). The van der Waals surface area contributed by atoms with Crippen LogP contribution in [0.1, 0.15) is 24.0 Å². The van der Waals surface area contributed by atoms with Gasteiger partial charge >= 0.3 is 0 Å². The largest absolute Gasteiger partial charge is 0.380 e. The van der Waals surface area contributed by atoms with Crippen LogP contribution < -0.4 is 15.1 Å². The van der Waals surface area contributed by atoms with Crippen LogP contribution in [0.2, 0.25) is 0 Å². The van der Waals surface area contributed by atoms with Gasteiger partial charge in [0.25, 0.3) is 0 Å². The number of nitrogens with one attached hydrogen (secondary N) is 1. The maximum Gasteiger partial charge on any atom is 0.228 e. The second-order valence-electron chi connectivity index (χ2n) is 8.26. The molecule has 1 aromatic heterocycles. The van der Waals surface area contributed by atoms with E-state index < -0.39 is 17.8 Å². The highest BCUT2D eigenvalue weighted by Crippen LogP contribution is 2.33. The van der Waals surface area contributed by atoms with E-state index in [9.17, 15) is 18.0 Å². The fraction of sp³-hybridized carbons (Fsp3) is 0.478. The molecule has 1 N–H and O–H groups in total. The van der Waals surface area contributed by atoms with Crippen molar-refractivity contribution < 1.29 is 22.7 Å². The molecule has 0 unspecified atom stereocenters. The highest BCUT2D eigenvalue weighted by Gasteiger charge is 2.27. The van der Waals surface area contributed by atoms with Gasteiger partial charge in [-0.05, 0) is 49.1 Å². The molecule has 0 aliphatic carbocycles. The summed E-state index contributed by atoms with van der Waals surface area (Å²) >= 11 is 0. The first-order valence-corrected chi connectivity index (χ1v) is 10.9. The number of amides is 1. The molecule has 1 atom stereocenters. The first kappa shape index (κ1) is 22.4. The van der Waals surface area contributed by atoms with E-state index in [0.717, 1.165) is 36.5 Å². The van der Waals surface area contributed by atoms with Gasteiger partial charge in [0.2, 0.25) is 5.91 Å². The third-order valence-corrected chi connectivity index (χ3v) is 5.74. The zero-order chi connectivity index (χ0) is 22.7. The van der Waals surface area contributed by atoms with E-state index in [0.29, 0.717) is 49.8 Å². The zero-order valence-electron chi connectivity index (χ0n) is 18.0. The predicted octanol–water partition coefficient (Wildman–Crippen LogP) is 3.62. The van der Waals surface area contributed by atoms with Gasteiger partial charge in [-0.3, -0.25) is 4.79 Å². The molecule has 2 aliphatic heterocycles. The van der Waals surface area contributed by atoms with Crippen LogP contribution in [-0.4, -0.2) is 56.5 Å². The van der Waals surface area contributed by atoms with Crippen LogP contribution in [0.4, 0.5) is 30.5 Å². The monoisotopic (exact) mass is 448 g/mol. The average Bonchev–Trinajstić information content (AvgIpc) is 3.00. The minimum atomic E-state index is -0.995. The third-order valence-electron chi connectivity index (χ3n) is 5.74. The van der Waals surface area contributed by atoms with Crippen LogP contribution in [0.3, 0.4) is 0 Å². The predicted molar refractivity (Wildman–Crippen MR) is 117 cm³/mol. The standard InChI is InChI=1S/C23H27F3N4O2/c1-15-11-20(27-21(31)13-16-3-4-18(25)19(26)12-16)23(30-7-5-17(24)14-30)28-22(15)29-6-2-9-32-10-8-29/h3-4,11-12,17H,2,5-10,13-14H2,1H3,(H,27,31)/t17-/m1/s1. The van der Waals surface area contributed by atoms with E-state index in [4.69, 9.17) is 9.72 Å². The molecule has 0 saturated carbocycles. The van der Waals surface area contributed by atoms with E-state index in [2.05, 4.69) is 10.2 Å². The Morgan fingerprint density at radius 3 is 2.72 bits per heavy atom. The summed E-state index contributed by atoms with van der Waals surface area (Å²) in [5.74, 6) is -1.02. The van der Waals surface area contributed by atoms with Crippen LogP contribution in [0.15, 0.2) is 24.3 Å². The number of hydrogen-bond donors (Lipinski definition) is 1. The Bertz CT molecular complexity index is 980. The number of halogens is 3. The molecule has 1 aromatic carbocycles. The molecule has 6 nitrogen and oxygen atoms in total. The normalized spacial score (nSPS) is 19.2. The van der Waals surface area contributed by atoms with Gasteiger partial charge in [0.1, 0.15) is 12.0 Å². The van der Waals surface area contributed by atoms with Gasteiger partial charge in [0.15, 0.2) is 17.5 Å². The van der Waals surface area contributed by atoms with Crippen molar-refractivity contribution in [3.63, 3.8) is 0 Å². The van der Waals surface area contributed by atoms with Gasteiger partial charge in [-0.2, -0.15) is 0 Å². The summed E-state index contributed by atoms with van der Waals surface area (Å²) in [5, 5.41) is 2.84. The Morgan fingerprint density at radius 1 is 1.12 bits per heavy atom. The summed E-state index contributed by atoms with van der Waals surface area (Å²) in [6.45, 7) is 5.47. The molecule has 2 aromatic rings. The Morgan fingerprint density at radius 2 is 1.97 bits per heavy atom. The average molecular weight is 448 g/mol.